The van der Waals surface area contributed by atoms with Crippen molar-refractivity contribution in [2.75, 3.05) is 19.8 Å². The van der Waals surface area contributed by atoms with E-state index in [1.54, 1.807) is 13.8 Å². The fraction of sp³-hybridized carbons (Fsp3) is 1.00. The van der Waals surface area contributed by atoms with Crippen molar-refractivity contribution >= 4 is 15.6 Å². The van der Waals surface area contributed by atoms with Gasteiger partial charge in [-0.05, 0) is 33.1 Å². The molecule has 0 aliphatic heterocycles. The monoisotopic (exact) mass is 556 g/mol. The molecule has 0 aromatic carbocycles. The van der Waals surface area contributed by atoms with Crippen LogP contribution in [0.4, 0.5) is 0 Å². The number of phosphoric acid groups is 2. The first kappa shape index (κ1) is 36.3. The summed E-state index contributed by atoms with van der Waals surface area (Å²) in [4.78, 5) is 0. The van der Waals surface area contributed by atoms with E-state index in [-0.39, 0.29) is 19.8 Å². The van der Waals surface area contributed by atoms with Crippen molar-refractivity contribution in [3.8, 4) is 0 Å². The maximum atomic E-state index is 13.5. The molecule has 0 aromatic heterocycles. The third kappa shape index (κ3) is 22.3. The van der Waals surface area contributed by atoms with Gasteiger partial charge in [-0.25, -0.2) is 9.13 Å². The van der Waals surface area contributed by atoms with Crippen molar-refractivity contribution in [2.45, 2.75) is 156 Å². The second kappa shape index (κ2) is 24.3. The van der Waals surface area contributed by atoms with Crippen LogP contribution in [0.2, 0.25) is 0 Å². The minimum absolute atomic E-state index is 0.213. The summed E-state index contributed by atoms with van der Waals surface area (Å²) in [5, 5.41) is 0. The first-order valence-corrected chi connectivity index (χ1v) is 17.8. The van der Waals surface area contributed by atoms with Crippen LogP contribution in [-0.4, -0.2) is 25.9 Å². The highest BCUT2D eigenvalue weighted by atomic mass is 31.3. The lowest BCUT2D eigenvalue weighted by Crippen LogP contribution is -2.09. The summed E-state index contributed by atoms with van der Waals surface area (Å²) < 4.78 is 54.7. The Labute approximate surface area is 223 Å². The van der Waals surface area contributed by atoms with Crippen molar-refractivity contribution in [2.24, 2.45) is 0 Å². The standard InChI is InChI=1S/C27H58O7P2/c1-6-9-12-15-18-21-24-30-35(28,31-25-22-19-16-13-10-7-2)34-36(29,33-27(4)5)32-26-23-20-17-14-11-8-3/h27H,6-26H2,1-5H3. The van der Waals surface area contributed by atoms with Crippen molar-refractivity contribution < 1.29 is 31.5 Å². The Morgan fingerprint density at radius 1 is 0.472 bits per heavy atom. The molecule has 0 fully saturated rings. The largest absolute Gasteiger partial charge is 0.483 e. The molecule has 0 aliphatic rings. The van der Waals surface area contributed by atoms with E-state index >= 15 is 0 Å². The molecule has 36 heavy (non-hydrogen) atoms. The van der Waals surface area contributed by atoms with E-state index in [4.69, 9.17) is 22.4 Å². The van der Waals surface area contributed by atoms with E-state index < -0.39 is 21.7 Å². The molecule has 0 rings (SSSR count). The third-order valence-electron chi connectivity index (χ3n) is 5.78. The van der Waals surface area contributed by atoms with Gasteiger partial charge in [0.1, 0.15) is 0 Å². The van der Waals surface area contributed by atoms with E-state index in [0.717, 1.165) is 57.8 Å². The zero-order valence-corrected chi connectivity index (χ0v) is 26.0. The van der Waals surface area contributed by atoms with Gasteiger partial charge in [0.2, 0.25) is 0 Å². The molecule has 0 spiro atoms. The first-order valence-electron chi connectivity index (χ1n) is 14.8. The molecule has 7 nitrogen and oxygen atoms in total. The maximum absolute atomic E-state index is 13.5. The zero-order chi connectivity index (χ0) is 27.0. The Morgan fingerprint density at radius 3 is 1.11 bits per heavy atom. The molecule has 0 saturated heterocycles. The average molecular weight is 557 g/mol. The molecular weight excluding hydrogens is 498 g/mol. The summed E-state index contributed by atoms with van der Waals surface area (Å²) in [6.07, 6.45) is 18.8. The Morgan fingerprint density at radius 2 is 0.778 bits per heavy atom. The first-order chi connectivity index (χ1) is 17.3. The van der Waals surface area contributed by atoms with Crippen molar-refractivity contribution in [1.82, 2.24) is 0 Å². The Kier molecular flexibility index (Phi) is 24.5. The van der Waals surface area contributed by atoms with E-state index in [9.17, 15) is 9.13 Å². The fourth-order valence-electron chi connectivity index (χ4n) is 3.71. The predicted molar refractivity (Wildman–Crippen MR) is 151 cm³/mol. The lowest BCUT2D eigenvalue weighted by molar-refractivity contribution is 0.0920. The predicted octanol–water partition coefficient (Wildman–Crippen LogP) is 10.8. The minimum Gasteiger partial charge on any atom is -0.287 e. The fourth-order valence-corrected chi connectivity index (χ4v) is 7.12. The Bertz CT molecular complexity index is 550. The van der Waals surface area contributed by atoms with Crippen LogP contribution in [0.5, 0.6) is 0 Å². The van der Waals surface area contributed by atoms with Crippen LogP contribution in [0.25, 0.3) is 0 Å². The molecule has 0 bridgehead atoms. The maximum Gasteiger partial charge on any atom is 0.483 e. The SMILES string of the molecule is CCCCCCCCOP(=O)(OCCCCCCCC)OP(=O)(OCCCCCCCC)OC(C)C. The molecule has 1 unspecified atom stereocenters. The number of hydrogen-bond donors (Lipinski definition) is 0. The minimum atomic E-state index is -4.11. The van der Waals surface area contributed by atoms with Crippen LogP contribution in [0, 0.1) is 0 Å². The highest BCUT2D eigenvalue weighted by Gasteiger charge is 2.41. The Balaban J connectivity index is 4.90. The van der Waals surface area contributed by atoms with Crippen LogP contribution in [0.15, 0.2) is 0 Å². The topological polar surface area (TPSA) is 80.3 Å². The van der Waals surface area contributed by atoms with Gasteiger partial charge in [0.25, 0.3) is 0 Å². The van der Waals surface area contributed by atoms with Gasteiger partial charge < -0.3 is 0 Å². The lowest BCUT2D eigenvalue weighted by Gasteiger charge is -2.24. The molecule has 0 aromatic rings. The van der Waals surface area contributed by atoms with Crippen molar-refractivity contribution in [3.63, 3.8) is 0 Å². The smallest absolute Gasteiger partial charge is 0.287 e. The molecule has 0 amide bonds. The average Bonchev–Trinajstić information content (AvgIpc) is 2.82. The van der Waals surface area contributed by atoms with E-state index in [0.29, 0.717) is 0 Å². The lowest BCUT2D eigenvalue weighted by atomic mass is 10.1. The van der Waals surface area contributed by atoms with Gasteiger partial charge in [-0.15, -0.1) is 0 Å². The summed E-state index contributed by atoms with van der Waals surface area (Å²) in [7, 11) is -8.22. The van der Waals surface area contributed by atoms with Crippen LogP contribution in [-0.2, 0) is 31.5 Å². The summed E-state index contributed by atoms with van der Waals surface area (Å²) >= 11 is 0. The van der Waals surface area contributed by atoms with Gasteiger partial charge >= 0.3 is 15.6 Å². The van der Waals surface area contributed by atoms with Gasteiger partial charge in [0.05, 0.1) is 25.9 Å². The molecule has 1 atom stereocenters. The molecule has 9 heteroatoms. The molecular formula is C27H58O7P2. The number of rotatable bonds is 28. The van der Waals surface area contributed by atoms with Gasteiger partial charge in [0, 0.05) is 0 Å². The number of phosphoric ester groups is 2. The van der Waals surface area contributed by atoms with E-state index in [2.05, 4.69) is 20.8 Å². The van der Waals surface area contributed by atoms with Gasteiger partial charge in [-0.1, -0.05) is 117 Å². The summed E-state index contributed by atoms with van der Waals surface area (Å²) in [6.45, 7) is 10.7. The van der Waals surface area contributed by atoms with E-state index in [1.807, 2.05) is 0 Å². The molecule has 0 N–H and O–H groups in total. The normalized spacial score (nSPS) is 13.9. The van der Waals surface area contributed by atoms with Crippen LogP contribution in [0.1, 0.15) is 150 Å². The summed E-state index contributed by atoms with van der Waals surface area (Å²) in [5.74, 6) is 0. The van der Waals surface area contributed by atoms with Crippen LogP contribution in [0.3, 0.4) is 0 Å². The highest BCUT2D eigenvalue weighted by Crippen LogP contribution is 2.66. The highest BCUT2D eigenvalue weighted by molar-refractivity contribution is 7.62. The van der Waals surface area contributed by atoms with Gasteiger partial charge in [-0.2, -0.15) is 4.31 Å². The molecule has 0 aliphatic carbocycles. The van der Waals surface area contributed by atoms with Crippen LogP contribution < -0.4 is 0 Å². The van der Waals surface area contributed by atoms with Gasteiger partial charge in [-0.3, -0.25) is 18.1 Å². The van der Waals surface area contributed by atoms with Gasteiger partial charge in [0.15, 0.2) is 0 Å². The Hall–Kier alpha value is 0.260. The molecule has 0 heterocycles. The van der Waals surface area contributed by atoms with Crippen LogP contribution >= 0.6 is 15.6 Å². The molecule has 218 valence electrons. The second-order valence-electron chi connectivity index (χ2n) is 9.93. The zero-order valence-electron chi connectivity index (χ0n) is 24.2. The quantitative estimate of drug-likeness (QED) is 0.0700. The third-order valence-corrected chi connectivity index (χ3v) is 9.56. The molecule has 0 radical (unpaired) electrons. The van der Waals surface area contributed by atoms with Crippen molar-refractivity contribution in [3.05, 3.63) is 0 Å². The number of hydrogen-bond acceptors (Lipinski definition) is 7. The van der Waals surface area contributed by atoms with E-state index in [1.165, 1.54) is 57.8 Å². The molecule has 0 saturated carbocycles. The summed E-state index contributed by atoms with van der Waals surface area (Å²) in [5.41, 5.74) is 0. The summed E-state index contributed by atoms with van der Waals surface area (Å²) in [6, 6.07) is 0. The van der Waals surface area contributed by atoms with Crippen molar-refractivity contribution in [1.29, 1.82) is 0 Å². The second-order valence-corrected chi connectivity index (χ2v) is 13.4. The number of unbranched alkanes of at least 4 members (excludes halogenated alkanes) is 15.